The lowest BCUT2D eigenvalue weighted by Gasteiger charge is -2.31. The lowest BCUT2D eigenvalue weighted by molar-refractivity contribution is 0.0612. The number of halogens is 1. The number of hydrogen-bond acceptors (Lipinski definition) is 4. The molecule has 2 aromatic rings. The Morgan fingerprint density at radius 1 is 1.28 bits per heavy atom. The summed E-state index contributed by atoms with van der Waals surface area (Å²) in [6, 6.07) is 8.54. The molecule has 0 spiro atoms. The van der Waals surface area contributed by atoms with Crippen LogP contribution in [0.5, 0.6) is 0 Å². The van der Waals surface area contributed by atoms with Crippen molar-refractivity contribution >= 4 is 23.4 Å². The average molecular weight is 419 g/mol. The molecule has 1 aromatic carbocycles. The van der Waals surface area contributed by atoms with Crippen molar-refractivity contribution in [1.29, 1.82) is 0 Å². The number of nitrogens with zero attached hydrogens (tertiary/aromatic N) is 2. The number of rotatable bonds is 5. The second-order valence-corrected chi connectivity index (χ2v) is 8.13. The molecule has 29 heavy (non-hydrogen) atoms. The van der Waals surface area contributed by atoms with Gasteiger partial charge in [-0.15, -0.1) is 0 Å². The molecular weight excluding hydrogens is 392 g/mol. The molecule has 0 saturated heterocycles. The van der Waals surface area contributed by atoms with E-state index in [-0.39, 0.29) is 41.6 Å². The van der Waals surface area contributed by atoms with Gasteiger partial charge in [-0.3, -0.25) is 14.3 Å². The summed E-state index contributed by atoms with van der Waals surface area (Å²) in [5.74, 6) is -0.508. The maximum absolute atomic E-state index is 13.1. The van der Waals surface area contributed by atoms with E-state index in [1.807, 2.05) is 32.0 Å². The fourth-order valence-electron chi connectivity index (χ4n) is 3.78. The number of carbonyl (C=O) groups excluding carboxylic acids is 2. The molecule has 1 aromatic heterocycles. The zero-order valence-corrected chi connectivity index (χ0v) is 17.6. The highest BCUT2D eigenvalue weighted by atomic mass is 35.5. The minimum Gasteiger partial charge on any atom is -0.393 e. The van der Waals surface area contributed by atoms with Gasteiger partial charge in [-0.1, -0.05) is 30.7 Å². The van der Waals surface area contributed by atoms with Crippen molar-refractivity contribution in [2.75, 3.05) is 7.05 Å². The molecule has 1 aliphatic rings. The number of amides is 2. The van der Waals surface area contributed by atoms with Crippen LogP contribution < -0.4 is 10.6 Å². The monoisotopic (exact) mass is 418 g/mol. The predicted octanol–water partition coefficient (Wildman–Crippen LogP) is 2.78. The quantitative estimate of drug-likeness (QED) is 0.695. The molecule has 0 unspecified atom stereocenters. The molecule has 2 amide bonds. The van der Waals surface area contributed by atoms with Crippen LogP contribution in [0.4, 0.5) is 0 Å². The van der Waals surface area contributed by atoms with E-state index in [4.69, 9.17) is 11.6 Å². The average Bonchev–Trinajstić information content (AvgIpc) is 3.15. The molecular formula is C21H27ClN4O3. The number of aliphatic hydroxyl groups excluding tert-OH is 1. The zero-order valence-electron chi connectivity index (χ0n) is 16.9. The van der Waals surface area contributed by atoms with Crippen molar-refractivity contribution < 1.29 is 14.7 Å². The Morgan fingerprint density at radius 2 is 2.03 bits per heavy atom. The maximum atomic E-state index is 13.1. The number of hydrogen-bond donors (Lipinski definition) is 3. The third-order valence-electron chi connectivity index (χ3n) is 5.59. The molecule has 3 rings (SSSR count). The highest BCUT2D eigenvalue weighted by Gasteiger charge is 2.29. The van der Waals surface area contributed by atoms with Crippen molar-refractivity contribution in [2.24, 2.45) is 5.92 Å². The van der Waals surface area contributed by atoms with Crippen LogP contribution >= 0.6 is 11.6 Å². The van der Waals surface area contributed by atoms with E-state index < -0.39 is 0 Å². The fourth-order valence-corrected chi connectivity index (χ4v) is 3.98. The van der Waals surface area contributed by atoms with Gasteiger partial charge < -0.3 is 15.7 Å². The summed E-state index contributed by atoms with van der Waals surface area (Å²) in [5, 5.41) is 20.5. The normalized spacial score (nSPS) is 22.7. The molecule has 3 N–H and O–H groups in total. The molecule has 1 saturated carbocycles. The molecule has 1 aliphatic carbocycles. The first-order valence-electron chi connectivity index (χ1n) is 9.86. The van der Waals surface area contributed by atoms with Gasteiger partial charge in [0.1, 0.15) is 5.69 Å². The van der Waals surface area contributed by atoms with Crippen LogP contribution in [0.15, 0.2) is 30.3 Å². The number of aromatic nitrogens is 2. The smallest absolute Gasteiger partial charge is 0.271 e. The molecule has 0 bridgehead atoms. The van der Waals surface area contributed by atoms with Crippen LogP contribution in [0.2, 0.25) is 5.02 Å². The summed E-state index contributed by atoms with van der Waals surface area (Å²) in [7, 11) is 1.52. The minimum atomic E-state index is -0.356. The summed E-state index contributed by atoms with van der Waals surface area (Å²) in [6.45, 7) is 3.89. The van der Waals surface area contributed by atoms with Gasteiger partial charge in [-0.05, 0) is 49.8 Å². The minimum absolute atomic E-state index is 0.0193. The topological polar surface area (TPSA) is 96.3 Å². The molecule has 7 nitrogen and oxygen atoms in total. The lowest BCUT2D eigenvalue weighted by Crippen LogP contribution is -2.42. The van der Waals surface area contributed by atoms with Crippen molar-refractivity contribution in [3.8, 4) is 0 Å². The van der Waals surface area contributed by atoms with Crippen molar-refractivity contribution in [3.63, 3.8) is 0 Å². The summed E-state index contributed by atoms with van der Waals surface area (Å²) < 4.78 is 1.56. The van der Waals surface area contributed by atoms with E-state index >= 15 is 0 Å². The number of nitrogens with one attached hydrogen (secondary N) is 2. The van der Waals surface area contributed by atoms with Crippen LogP contribution in [0.25, 0.3) is 0 Å². The standard InChI is InChI=1S/C21H27ClN4O3/c1-12-9-16(7-8-19(12)27)24-21(29)18-11-17(20(28)23-3)25-26(18)13(2)14-5-4-6-15(22)10-14/h4-6,10-13,16,19,27H,7-9H2,1-3H3,(H,23,28)(H,24,29)/t12-,13+,16+,19-/m1/s1. The van der Waals surface area contributed by atoms with Crippen LogP contribution in [0.1, 0.15) is 65.7 Å². The van der Waals surface area contributed by atoms with E-state index in [2.05, 4.69) is 15.7 Å². The van der Waals surface area contributed by atoms with Gasteiger partial charge in [0.15, 0.2) is 5.69 Å². The molecule has 1 fully saturated rings. The largest absolute Gasteiger partial charge is 0.393 e. The van der Waals surface area contributed by atoms with Crippen molar-refractivity contribution in [2.45, 2.75) is 51.3 Å². The zero-order chi connectivity index (χ0) is 21.1. The van der Waals surface area contributed by atoms with Crippen LogP contribution in [-0.4, -0.2) is 45.9 Å². The Labute approximate surface area is 175 Å². The van der Waals surface area contributed by atoms with Gasteiger partial charge in [0, 0.05) is 24.2 Å². The number of benzene rings is 1. The highest BCUT2D eigenvalue weighted by Crippen LogP contribution is 2.26. The van der Waals surface area contributed by atoms with E-state index in [1.165, 1.54) is 13.1 Å². The third-order valence-corrected chi connectivity index (χ3v) is 5.82. The van der Waals surface area contributed by atoms with E-state index in [0.29, 0.717) is 23.6 Å². The van der Waals surface area contributed by atoms with E-state index in [1.54, 1.807) is 10.7 Å². The van der Waals surface area contributed by atoms with Crippen molar-refractivity contribution in [1.82, 2.24) is 20.4 Å². The third kappa shape index (κ3) is 4.79. The Kier molecular flexibility index (Phi) is 6.59. The molecule has 156 valence electrons. The van der Waals surface area contributed by atoms with Crippen LogP contribution in [-0.2, 0) is 0 Å². The molecule has 0 radical (unpaired) electrons. The Bertz CT molecular complexity index is 898. The fraction of sp³-hybridized carbons (Fsp3) is 0.476. The molecule has 0 aliphatic heterocycles. The maximum Gasteiger partial charge on any atom is 0.271 e. The van der Waals surface area contributed by atoms with Crippen LogP contribution in [0.3, 0.4) is 0 Å². The van der Waals surface area contributed by atoms with Gasteiger partial charge in [-0.2, -0.15) is 5.10 Å². The second kappa shape index (κ2) is 8.97. The number of aliphatic hydroxyl groups is 1. The summed E-state index contributed by atoms with van der Waals surface area (Å²) in [5.41, 5.74) is 1.38. The SMILES string of the molecule is CNC(=O)c1cc(C(=O)N[C@H]2CC[C@@H](O)[C@H](C)C2)n([C@@H](C)c2cccc(Cl)c2)n1. The first-order chi connectivity index (χ1) is 13.8. The van der Waals surface area contributed by atoms with E-state index in [9.17, 15) is 14.7 Å². The van der Waals surface area contributed by atoms with Crippen molar-refractivity contribution in [3.05, 3.63) is 52.3 Å². The van der Waals surface area contributed by atoms with Gasteiger partial charge in [-0.25, -0.2) is 0 Å². The van der Waals surface area contributed by atoms with Gasteiger partial charge in [0.05, 0.1) is 12.1 Å². The Hall–Kier alpha value is -2.38. The molecule has 4 atom stereocenters. The summed E-state index contributed by atoms with van der Waals surface area (Å²) >= 11 is 6.12. The molecule has 1 heterocycles. The summed E-state index contributed by atoms with van der Waals surface area (Å²) in [6.07, 6.45) is 1.77. The van der Waals surface area contributed by atoms with E-state index in [0.717, 1.165) is 12.0 Å². The van der Waals surface area contributed by atoms with Gasteiger partial charge in [0.2, 0.25) is 0 Å². The Balaban J connectivity index is 1.89. The first kappa shape index (κ1) is 21.3. The Morgan fingerprint density at radius 3 is 2.69 bits per heavy atom. The second-order valence-electron chi connectivity index (χ2n) is 7.70. The van der Waals surface area contributed by atoms with Gasteiger partial charge >= 0.3 is 0 Å². The predicted molar refractivity (Wildman–Crippen MR) is 111 cm³/mol. The lowest BCUT2D eigenvalue weighted by atomic mass is 9.84. The molecule has 8 heteroatoms. The first-order valence-corrected chi connectivity index (χ1v) is 10.2. The van der Waals surface area contributed by atoms with Crippen LogP contribution in [0, 0.1) is 5.92 Å². The van der Waals surface area contributed by atoms with Gasteiger partial charge in [0.25, 0.3) is 11.8 Å². The highest BCUT2D eigenvalue weighted by molar-refractivity contribution is 6.30. The number of carbonyl (C=O) groups is 2. The summed E-state index contributed by atoms with van der Waals surface area (Å²) in [4.78, 5) is 25.2.